The van der Waals surface area contributed by atoms with Crippen LogP contribution in [-0.2, 0) is 0 Å². The highest BCUT2D eigenvalue weighted by atomic mass is 35.5. The number of nitrogens with zero attached hydrogens (tertiary/aromatic N) is 3. The maximum Gasteiger partial charge on any atom is 0.295 e. The summed E-state index contributed by atoms with van der Waals surface area (Å²) in [7, 11) is 0. The first-order valence-corrected chi connectivity index (χ1v) is 5.39. The molecule has 0 fully saturated rings. The summed E-state index contributed by atoms with van der Waals surface area (Å²) in [5, 5.41) is 22.9. The molecule has 0 N–H and O–H groups in total. The van der Waals surface area contributed by atoms with Gasteiger partial charge in [-0.1, -0.05) is 11.6 Å². The summed E-state index contributed by atoms with van der Waals surface area (Å²) >= 11 is 5.56. The van der Waals surface area contributed by atoms with E-state index < -0.39 is 16.4 Å². The number of hydrogen-bond donors (Lipinski definition) is 0. The van der Waals surface area contributed by atoms with Gasteiger partial charge in [-0.05, 0) is 18.2 Å². The van der Waals surface area contributed by atoms with Gasteiger partial charge in [-0.25, -0.2) is 4.39 Å². The van der Waals surface area contributed by atoms with E-state index in [0.29, 0.717) is 0 Å². The van der Waals surface area contributed by atoms with Crippen molar-refractivity contribution < 1.29 is 9.31 Å². The number of rotatable bonds is 3. The molecule has 2 rings (SSSR count). The Morgan fingerprint density at radius 2 is 2.11 bits per heavy atom. The second kappa shape index (κ2) is 5.17. The predicted octanol–water partition coefficient (Wildman–Crippen LogP) is 3.42. The minimum atomic E-state index is -0.701. The Bertz CT molecular complexity index is 638. The predicted molar refractivity (Wildman–Crippen MR) is 67.8 cm³/mol. The van der Waals surface area contributed by atoms with E-state index in [-0.39, 0.29) is 21.5 Å². The summed E-state index contributed by atoms with van der Waals surface area (Å²) in [4.78, 5) is 13.8. The molecular formula is C11H6ClFN3O3-. The lowest BCUT2D eigenvalue weighted by atomic mass is 10.2. The summed E-state index contributed by atoms with van der Waals surface area (Å²) in [5.74, 6) is -0.681. The van der Waals surface area contributed by atoms with Gasteiger partial charge in [-0.15, -0.1) is 0 Å². The summed E-state index contributed by atoms with van der Waals surface area (Å²) in [6, 6.07) is 4.36. The molecular weight excluding hydrogens is 277 g/mol. The molecule has 0 amide bonds. The zero-order valence-electron chi connectivity index (χ0n) is 9.29. The van der Waals surface area contributed by atoms with Gasteiger partial charge in [0.25, 0.3) is 5.69 Å². The highest BCUT2D eigenvalue weighted by Crippen LogP contribution is 2.33. The summed E-state index contributed by atoms with van der Waals surface area (Å²) < 4.78 is 13.0. The Morgan fingerprint density at radius 3 is 2.74 bits per heavy atom. The van der Waals surface area contributed by atoms with Crippen LogP contribution < -0.4 is 5.06 Å². The fourth-order valence-corrected chi connectivity index (χ4v) is 1.61. The van der Waals surface area contributed by atoms with Crippen molar-refractivity contribution in [3.63, 3.8) is 0 Å². The third kappa shape index (κ3) is 2.61. The summed E-state index contributed by atoms with van der Waals surface area (Å²) in [6.45, 7) is 0. The van der Waals surface area contributed by atoms with Gasteiger partial charge in [0.05, 0.1) is 16.1 Å². The molecule has 0 unspecified atom stereocenters. The first-order valence-electron chi connectivity index (χ1n) is 5.01. The van der Waals surface area contributed by atoms with E-state index in [9.17, 15) is 19.7 Å². The summed E-state index contributed by atoms with van der Waals surface area (Å²) in [6.07, 6.45) is 2.26. The second-order valence-corrected chi connectivity index (χ2v) is 3.92. The first kappa shape index (κ1) is 13.2. The number of benzene rings is 1. The quantitative estimate of drug-likeness (QED) is 0.636. The second-order valence-electron chi connectivity index (χ2n) is 3.51. The smallest absolute Gasteiger partial charge is 0.295 e. The molecule has 0 aliphatic rings. The van der Waals surface area contributed by atoms with Crippen LogP contribution in [0.1, 0.15) is 0 Å². The number of nitro groups is 1. The van der Waals surface area contributed by atoms with E-state index in [0.717, 1.165) is 24.4 Å². The molecule has 6 nitrogen and oxygen atoms in total. The van der Waals surface area contributed by atoms with Crippen molar-refractivity contribution in [1.82, 2.24) is 4.98 Å². The molecule has 98 valence electrons. The Hall–Kier alpha value is -2.25. The number of anilines is 2. The van der Waals surface area contributed by atoms with E-state index >= 15 is 0 Å². The van der Waals surface area contributed by atoms with Crippen molar-refractivity contribution >= 4 is 28.7 Å². The van der Waals surface area contributed by atoms with Crippen LogP contribution in [-0.4, -0.2) is 9.91 Å². The molecule has 0 bridgehead atoms. The maximum absolute atomic E-state index is 13.0. The molecule has 0 aliphatic heterocycles. The third-order valence-electron chi connectivity index (χ3n) is 2.33. The van der Waals surface area contributed by atoms with Crippen LogP contribution in [0.5, 0.6) is 0 Å². The lowest BCUT2D eigenvalue weighted by molar-refractivity contribution is -0.384. The molecule has 0 saturated carbocycles. The van der Waals surface area contributed by atoms with Gasteiger partial charge in [-0.2, -0.15) is 0 Å². The van der Waals surface area contributed by atoms with Crippen LogP contribution in [0, 0.1) is 21.1 Å². The average molecular weight is 283 g/mol. The Kier molecular flexibility index (Phi) is 3.59. The molecule has 0 saturated heterocycles. The highest BCUT2D eigenvalue weighted by molar-refractivity contribution is 6.31. The van der Waals surface area contributed by atoms with Crippen LogP contribution in [0.2, 0.25) is 5.02 Å². The van der Waals surface area contributed by atoms with Crippen LogP contribution >= 0.6 is 11.6 Å². The molecule has 2 aromatic rings. The van der Waals surface area contributed by atoms with Gasteiger partial charge in [0, 0.05) is 18.0 Å². The van der Waals surface area contributed by atoms with Crippen LogP contribution in [0.3, 0.4) is 0 Å². The average Bonchev–Trinajstić information content (AvgIpc) is 2.41. The Morgan fingerprint density at radius 1 is 1.37 bits per heavy atom. The van der Waals surface area contributed by atoms with Crippen LogP contribution in [0.25, 0.3) is 0 Å². The zero-order valence-corrected chi connectivity index (χ0v) is 10.0. The van der Waals surface area contributed by atoms with Gasteiger partial charge >= 0.3 is 0 Å². The van der Waals surface area contributed by atoms with Crippen molar-refractivity contribution in [2.75, 3.05) is 5.06 Å². The van der Waals surface area contributed by atoms with Crippen molar-refractivity contribution in [3.8, 4) is 0 Å². The Labute approximate surface area is 111 Å². The number of halogens is 2. The monoisotopic (exact) mass is 282 g/mol. The van der Waals surface area contributed by atoms with Gasteiger partial charge in [0.1, 0.15) is 11.5 Å². The molecule has 0 atom stereocenters. The van der Waals surface area contributed by atoms with Gasteiger partial charge in [-0.3, -0.25) is 15.1 Å². The standard InChI is InChI=1S/C11H6ClFN3O3/c12-8-5-7(1-2-9(8)13)15(17)11-6-14-4-3-10(11)16(18)19/h1-6H/q-1. The number of aromatic nitrogens is 1. The van der Waals surface area contributed by atoms with E-state index in [1.165, 1.54) is 12.3 Å². The molecule has 19 heavy (non-hydrogen) atoms. The molecule has 1 aromatic carbocycles. The van der Waals surface area contributed by atoms with Gasteiger partial charge < -0.3 is 10.3 Å². The fraction of sp³-hybridized carbons (Fsp3) is 0. The van der Waals surface area contributed by atoms with Gasteiger partial charge in [0.15, 0.2) is 0 Å². The molecule has 0 spiro atoms. The SMILES string of the molecule is O=[N+]([O-])c1ccncc1N([O-])c1ccc(F)c(Cl)c1. The number of hydrogen-bond acceptors (Lipinski definition) is 5. The van der Waals surface area contributed by atoms with Crippen LogP contribution in [0.4, 0.5) is 21.5 Å². The van der Waals surface area contributed by atoms with Crippen molar-refractivity contribution in [2.45, 2.75) is 0 Å². The zero-order chi connectivity index (χ0) is 14.0. The maximum atomic E-state index is 13.0. The summed E-state index contributed by atoms with van der Waals surface area (Å²) in [5.41, 5.74) is -0.678. The molecule has 8 heteroatoms. The van der Waals surface area contributed by atoms with E-state index in [1.54, 1.807) is 0 Å². The van der Waals surface area contributed by atoms with Crippen molar-refractivity contribution in [3.05, 3.63) is 62.8 Å². The van der Waals surface area contributed by atoms with Gasteiger partial charge in [0.2, 0.25) is 0 Å². The highest BCUT2D eigenvalue weighted by Gasteiger charge is 2.15. The normalized spacial score (nSPS) is 10.3. The lowest BCUT2D eigenvalue weighted by Crippen LogP contribution is -2.09. The molecule has 0 aliphatic carbocycles. The van der Waals surface area contributed by atoms with Crippen LogP contribution in [0.15, 0.2) is 36.7 Å². The van der Waals surface area contributed by atoms with E-state index in [1.807, 2.05) is 0 Å². The topological polar surface area (TPSA) is 82.3 Å². The minimum Gasteiger partial charge on any atom is -0.754 e. The van der Waals surface area contributed by atoms with E-state index in [2.05, 4.69) is 4.98 Å². The largest absolute Gasteiger partial charge is 0.754 e. The van der Waals surface area contributed by atoms with Crippen molar-refractivity contribution in [1.29, 1.82) is 0 Å². The Balaban J connectivity index is 2.46. The molecule has 1 aromatic heterocycles. The molecule has 0 radical (unpaired) electrons. The number of pyridine rings is 1. The minimum absolute atomic E-state index is 0.0255. The molecule has 1 heterocycles. The fourth-order valence-electron chi connectivity index (χ4n) is 1.44. The van der Waals surface area contributed by atoms with Crippen molar-refractivity contribution in [2.24, 2.45) is 0 Å². The first-order chi connectivity index (χ1) is 9.00. The lowest BCUT2D eigenvalue weighted by Gasteiger charge is -2.29. The van der Waals surface area contributed by atoms with E-state index in [4.69, 9.17) is 11.6 Å². The third-order valence-corrected chi connectivity index (χ3v) is 2.62.